The van der Waals surface area contributed by atoms with Gasteiger partial charge in [-0.3, -0.25) is 0 Å². The molecule has 0 aliphatic carbocycles. The van der Waals surface area contributed by atoms with Crippen molar-refractivity contribution in [2.24, 2.45) is 0 Å². The van der Waals surface area contributed by atoms with Gasteiger partial charge in [0.25, 0.3) is 0 Å². The lowest BCUT2D eigenvalue weighted by atomic mass is 9.99. The molecule has 2 aromatic rings. The van der Waals surface area contributed by atoms with Crippen LogP contribution in [0.25, 0.3) is 0 Å². The van der Waals surface area contributed by atoms with Gasteiger partial charge in [-0.05, 0) is 64.9 Å². The largest absolute Gasteiger partial charge is 0.384 e. The molecule has 2 aromatic carbocycles. The SMILES string of the molecule is Cc1cc(C(O)c2cc(Cl)ccc2I)c(F)cc1F. The lowest BCUT2D eigenvalue weighted by Gasteiger charge is -2.15. The number of aliphatic hydroxyl groups excluding tert-OH is 1. The van der Waals surface area contributed by atoms with Crippen LogP contribution in [0.1, 0.15) is 22.8 Å². The van der Waals surface area contributed by atoms with E-state index in [9.17, 15) is 13.9 Å². The summed E-state index contributed by atoms with van der Waals surface area (Å²) in [6.45, 7) is 1.52. The van der Waals surface area contributed by atoms with Crippen molar-refractivity contribution in [1.29, 1.82) is 0 Å². The summed E-state index contributed by atoms with van der Waals surface area (Å²) in [6, 6.07) is 7.09. The summed E-state index contributed by atoms with van der Waals surface area (Å²) in [5, 5.41) is 10.7. The molecule has 0 heterocycles. The van der Waals surface area contributed by atoms with Gasteiger partial charge in [0.1, 0.15) is 17.7 Å². The highest BCUT2D eigenvalue weighted by Gasteiger charge is 2.19. The fourth-order valence-corrected chi connectivity index (χ4v) is 2.59. The molecule has 1 atom stereocenters. The average molecular weight is 395 g/mol. The van der Waals surface area contributed by atoms with Crippen LogP contribution >= 0.6 is 34.2 Å². The Labute approximate surface area is 128 Å². The van der Waals surface area contributed by atoms with E-state index in [0.717, 1.165) is 9.64 Å². The Kier molecular flexibility index (Phi) is 4.43. The number of benzene rings is 2. The van der Waals surface area contributed by atoms with Gasteiger partial charge in [-0.1, -0.05) is 11.6 Å². The predicted octanol–water partition coefficient (Wildman–Crippen LogP) is 4.61. The first-order valence-electron chi connectivity index (χ1n) is 5.48. The number of aryl methyl sites for hydroxylation is 1. The molecule has 1 nitrogen and oxygen atoms in total. The van der Waals surface area contributed by atoms with E-state index in [2.05, 4.69) is 0 Å². The molecule has 19 heavy (non-hydrogen) atoms. The second kappa shape index (κ2) is 5.73. The molecule has 2 rings (SSSR count). The van der Waals surface area contributed by atoms with Crippen molar-refractivity contribution < 1.29 is 13.9 Å². The van der Waals surface area contributed by atoms with Crippen LogP contribution in [-0.2, 0) is 0 Å². The summed E-state index contributed by atoms with van der Waals surface area (Å²) in [6.07, 6.45) is -1.18. The van der Waals surface area contributed by atoms with Crippen LogP contribution in [0.2, 0.25) is 5.02 Å². The lowest BCUT2D eigenvalue weighted by Crippen LogP contribution is -2.06. The van der Waals surface area contributed by atoms with Gasteiger partial charge in [0, 0.05) is 20.2 Å². The van der Waals surface area contributed by atoms with Gasteiger partial charge in [0.05, 0.1) is 0 Å². The molecule has 5 heteroatoms. The number of aliphatic hydroxyl groups is 1. The Morgan fingerprint density at radius 2 is 1.79 bits per heavy atom. The molecule has 0 aliphatic heterocycles. The molecule has 1 N–H and O–H groups in total. The molecule has 100 valence electrons. The molecule has 0 aliphatic rings. The van der Waals surface area contributed by atoms with Crippen LogP contribution in [0.4, 0.5) is 8.78 Å². The van der Waals surface area contributed by atoms with E-state index in [1.807, 2.05) is 22.6 Å². The summed E-state index contributed by atoms with van der Waals surface area (Å²) in [7, 11) is 0. The first-order valence-corrected chi connectivity index (χ1v) is 6.94. The van der Waals surface area contributed by atoms with Crippen LogP contribution in [0, 0.1) is 22.1 Å². The van der Waals surface area contributed by atoms with Crippen molar-refractivity contribution in [3.8, 4) is 0 Å². The monoisotopic (exact) mass is 394 g/mol. The normalized spacial score (nSPS) is 12.5. The molecular formula is C14H10ClF2IO. The van der Waals surface area contributed by atoms with Crippen LogP contribution in [0.5, 0.6) is 0 Å². The number of hydrogen-bond donors (Lipinski definition) is 1. The van der Waals surface area contributed by atoms with E-state index in [4.69, 9.17) is 11.6 Å². The third kappa shape index (κ3) is 3.07. The Morgan fingerprint density at radius 1 is 1.11 bits per heavy atom. The predicted molar refractivity (Wildman–Crippen MR) is 79.3 cm³/mol. The minimum absolute atomic E-state index is 0.0408. The maximum absolute atomic E-state index is 13.8. The fourth-order valence-electron chi connectivity index (χ4n) is 1.78. The second-order valence-electron chi connectivity index (χ2n) is 4.19. The van der Waals surface area contributed by atoms with Gasteiger partial charge in [-0.2, -0.15) is 0 Å². The molecular weight excluding hydrogens is 385 g/mol. The first kappa shape index (κ1) is 14.7. The summed E-state index contributed by atoms with van der Waals surface area (Å²) in [5.41, 5.74) is 0.824. The topological polar surface area (TPSA) is 20.2 Å². The third-order valence-electron chi connectivity index (χ3n) is 2.83. The Bertz CT molecular complexity index is 631. The number of rotatable bonds is 2. The highest BCUT2D eigenvalue weighted by Crippen LogP contribution is 2.31. The molecule has 0 spiro atoms. The van der Waals surface area contributed by atoms with Crippen LogP contribution in [0.15, 0.2) is 30.3 Å². The van der Waals surface area contributed by atoms with Gasteiger partial charge in [-0.15, -0.1) is 0 Å². The van der Waals surface area contributed by atoms with Crippen molar-refractivity contribution >= 4 is 34.2 Å². The first-order chi connectivity index (χ1) is 8.90. The van der Waals surface area contributed by atoms with E-state index in [1.165, 1.54) is 13.0 Å². The summed E-state index contributed by atoms with van der Waals surface area (Å²) < 4.78 is 27.7. The molecule has 0 saturated heterocycles. The minimum atomic E-state index is -1.18. The van der Waals surface area contributed by atoms with E-state index in [0.29, 0.717) is 10.6 Å². The number of hydrogen-bond acceptors (Lipinski definition) is 1. The van der Waals surface area contributed by atoms with Gasteiger partial charge < -0.3 is 5.11 Å². The van der Waals surface area contributed by atoms with E-state index in [-0.39, 0.29) is 11.1 Å². The van der Waals surface area contributed by atoms with Crippen molar-refractivity contribution in [2.75, 3.05) is 0 Å². The van der Waals surface area contributed by atoms with Gasteiger partial charge in [-0.25, -0.2) is 8.78 Å². The molecule has 0 fully saturated rings. The Hall–Kier alpha value is -0.720. The molecule has 0 amide bonds. The fraction of sp³-hybridized carbons (Fsp3) is 0.143. The lowest BCUT2D eigenvalue weighted by molar-refractivity contribution is 0.213. The van der Waals surface area contributed by atoms with Crippen molar-refractivity contribution in [2.45, 2.75) is 13.0 Å². The molecule has 0 aromatic heterocycles. The van der Waals surface area contributed by atoms with Crippen molar-refractivity contribution in [3.05, 3.63) is 67.2 Å². The summed E-state index contributed by atoms with van der Waals surface area (Å²) >= 11 is 7.91. The molecule has 1 unspecified atom stereocenters. The minimum Gasteiger partial charge on any atom is -0.384 e. The zero-order chi connectivity index (χ0) is 14.2. The Balaban J connectivity index is 2.52. The zero-order valence-corrected chi connectivity index (χ0v) is 12.8. The van der Waals surface area contributed by atoms with E-state index < -0.39 is 17.7 Å². The van der Waals surface area contributed by atoms with E-state index in [1.54, 1.807) is 18.2 Å². The summed E-state index contributed by atoms with van der Waals surface area (Å²) in [4.78, 5) is 0. The maximum Gasteiger partial charge on any atom is 0.132 e. The van der Waals surface area contributed by atoms with Crippen LogP contribution < -0.4 is 0 Å². The highest BCUT2D eigenvalue weighted by molar-refractivity contribution is 14.1. The Morgan fingerprint density at radius 3 is 2.47 bits per heavy atom. The standard InChI is InChI=1S/C14H10ClF2IO/c1-7-4-9(12(17)6-11(7)16)14(19)10-5-8(15)2-3-13(10)18/h2-6,14,19H,1H3. The van der Waals surface area contributed by atoms with Crippen LogP contribution in [-0.4, -0.2) is 5.11 Å². The smallest absolute Gasteiger partial charge is 0.132 e. The molecule has 0 radical (unpaired) electrons. The molecule has 0 bridgehead atoms. The van der Waals surface area contributed by atoms with Crippen molar-refractivity contribution in [1.82, 2.24) is 0 Å². The zero-order valence-electron chi connectivity index (χ0n) is 9.92. The highest BCUT2D eigenvalue weighted by atomic mass is 127. The number of halogens is 4. The van der Waals surface area contributed by atoms with Crippen molar-refractivity contribution in [3.63, 3.8) is 0 Å². The molecule has 0 saturated carbocycles. The van der Waals surface area contributed by atoms with Gasteiger partial charge in [0.15, 0.2) is 0 Å². The quantitative estimate of drug-likeness (QED) is 0.738. The van der Waals surface area contributed by atoms with E-state index >= 15 is 0 Å². The summed E-state index contributed by atoms with van der Waals surface area (Å²) in [5.74, 6) is -1.40. The second-order valence-corrected chi connectivity index (χ2v) is 5.79. The third-order valence-corrected chi connectivity index (χ3v) is 4.04. The maximum atomic E-state index is 13.8. The van der Waals surface area contributed by atoms with Gasteiger partial charge in [0.2, 0.25) is 0 Å². The van der Waals surface area contributed by atoms with Crippen LogP contribution in [0.3, 0.4) is 0 Å². The average Bonchev–Trinajstić information content (AvgIpc) is 2.36. The van der Waals surface area contributed by atoms with Gasteiger partial charge >= 0.3 is 0 Å².